The van der Waals surface area contributed by atoms with Crippen LogP contribution in [0.25, 0.3) is 0 Å². The van der Waals surface area contributed by atoms with Gasteiger partial charge in [-0.2, -0.15) is 13.2 Å². The fourth-order valence-corrected chi connectivity index (χ4v) is 3.74. The number of hydrogen-bond acceptors (Lipinski definition) is 5. The van der Waals surface area contributed by atoms with Gasteiger partial charge >= 0.3 is 6.18 Å². The molecule has 1 atom stereocenters. The predicted molar refractivity (Wildman–Crippen MR) is 111 cm³/mol. The van der Waals surface area contributed by atoms with Gasteiger partial charge in [0.05, 0.1) is 22.7 Å². The summed E-state index contributed by atoms with van der Waals surface area (Å²) in [4.78, 5) is 13.2. The first-order valence-corrected chi connectivity index (χ1v) is 11.3. The van der Waals surface area contributed by atoms with Crippen LogP contribution in [0, 0.1) is 0 Å². The van der Waals surface area contributed by atoms with Crippen molar-refractivity contribution in [1.29, 1.82) is 0 Å². The molecular formula is C18H18ClF3N2O4S2. The molecule has 0 saturated heterocycles. The van der Waals surface area contributed by atoms with Crippen LogP contribution in [0.3, 0.4) is 0 Å². The molecule has 2 aromatic rings. The molecular weight excluding hydrogens is 465 g/mol. The van der Waals surface area contributed by atoms with Crippen LogP contribution in [0.1, 0.15) is 6.92 Å². The summed E-state index contributed by atoms with van der Waals surface area (Å²) < 4.78 is 62.5. The molecule has 0 saturated carbocycles. The van der Waals surface area contributed by atoms with Crippen molar-refractivity contribution in [3.8, 4) is 0 Å². The van der Waals surface area contributed by atoms with Gasteiger partial charge in [-0.25, -0.2) is 8.42 Å². The molecule has 0 heterocycles. The first-order chi connectivity index (χ1) is 13.6. The van der Waals surface area contributed by atoms with Crippen molar-refractivity contribution in [3.63, 3.8) is 0 Å². The lowest BCUT2D eigenvalue weighted by Crippen LogP contribution is -2.52. The van der Waals surface area contributed by atoms with E-state index in [1.807, 2.05) is 5.32 Å². The van der Waals surface area contributed by atoms with Gasteiger partial charge in [-0.3, -0.25) is 9.10 Å². The minimum absolute atomic E-state index is 0.0141. The number of hydrogen-bond donors (Lipinski definition) is 2. The van der Waals surface area contributed by atoms with E-state index >= 15 is 0 Å². The second-order valence-electron chi connectivity index (χ2n) is 6.49. The zero-order valence-electron chi connectivity index (χ0n) is 16.0. The van der Waals surface area contributed by atoms with Crippen molar-refractivity contribution in [2.24, 2.45) is 0 Å². The molecule has 0 aromatic heterocycles. The summed E-state index contributed by atoms with van der Waals surface area (Å²) in [6.45, 7) is 0.353. The Hall–Kier alpha value is -1.95. The normalized spacial score (nSPS) is 14.1. The number of nitrogens with zero attached hydrogens (tertiary/aromatic N) is 1. The van der Waals surface area contributed by atoms with E-state index in [0.717, 1.165) is 15.5 Å². The van der Waals surface area contributed by atoms with Crippen molar-refractivity contribution < 1.29 is 31.5 Å². The van der Waals surface area contributed by atoms with Crippen LogP contribution in [0.4, 0.5) is 24.5 Å². The van der Waals surface area contributed by atoms with Gasteiger partial charge in [0.25, 0.3) is 5.91 Å². The van der Waals surface area contributed by atoms with Crippen LogP contribution in [0.5, 0.6) is 0 Å². The maximum absolute atomic E-state index is 12.8. The van der Waals surface area contributed by atoms with Gasteiger partial charge in [0.1, 0.15) is 0 Å². The third-order valence-electron chi connectivity index (χ3n) is 4.12. The molecule has 2 N–H and O–H groups in total. The number of alkyl halides is 3. The Morgan fingerprint density at radius 3 is 2.13 bits per heavy atom. The van der Waals surface area contributed by atoms with Crippen molar-refractivity contribution >= 4 is 50.7 Å². The Morgan fingerprint density at radius 2 is 1.67 bits per heavy atom. The van der Waals surface area contributed by atoms with Crippen molar-refractivity contribution in [3.05, 3.63) is 47.5 Å². The van der Waals surface area contributed by atoms with Gasteiger partial charge in [-0.05, 0) is 49.4 Å². The highest BCUT2D eigenvalue weighted by atomic mass is 35.5. The van der Waals surface area contributed by atoms with Gasteiger partial charge < -0.3 is 10.4 Å². The summed E-state index contributed by atoms with van der Waals surface area (Å²) in [7, 11) is -1.95. The summed E-state index contributed by atoms with van der Waals surface area (Å²) >= 11 is 7.33. The molecule has 0 radical (unpaired) electrons. The van der Waals surface area contributed by atoms with Crippen LogP contribution in [0.15, 0.2) is 52.3 Å². The number of carbonyl (C=O) groups excluding carboxylic acids is 1. The molecule has 0 aliphatic heterocycles. The second-order valence-corrected chi connectivity index (χ2v) is 10.1. The Morgan fingerprint density at radius 1 is 1.13 bits per heavy atom. The number of anilines is 2. The van der Waals surface area contributed by atoms with Crippen molar-refractivity contribution in [2.75, 3.05) is 22.9 Å². The number of nitrogens with one attached hydrogen (secondary N) is 1. The number of halogens is 4. The first-order valence-electron chi connectivity index (χ1n) is 8.25. The molecule has 1 unspecified atom stereocenters. The first kappa shape index (κ1) is 24.3. The zero-order valence-corrected chi connectivity index (χ0v) is 18.4. The van der Waals surface area contributed by atoms with Gasteiger partial charge in [-0.1, -0.05) is 23.4 Å². The average Bonchev–Trinajstić information content (AvgIpc) is 2.62. The summed E-state index contributed by atoms with van der Waals surface area (Å²) in [5.74, 6) is -1.65. The van der Waals surface area contributed by atoms with Gasteiger partial charge in [0.2, 0.25) is 15.6 Å². The quantitative estimate of drug-likeness (QED) is 0.646. The van der Waals surface area contributed by atoms with Crippen LogP contribution in [-0.2, 0) is 14.8 Å². The maximum Gasteiger partial charge on any atom is 0.426 e. The minimum Gasteiger partial charge on any atom is -0.373 e. The van der Waals surface area contributed by atoms with E-state index < -0.39 is 27.7 Å². The molecule has 0 bridgehead atoms. The monoisotopic (exact) mass is 482 g/mol. The minimum atomic E-state index is -5.14. The van der Waals surface area contributed by atoms with E-state index in [0.29, 0.717) is 17.5 Å². The van der Waals surface area contributed by atoms with Crippen LogP contribution < -0.4 is 9.62 Å². The molecule has 12 heteroatoms. The van der Waals surface area contributed by atoms with Gasteiger partial charge in [0.15, 0.2) is 0 Å². The predicted octanol–water partition coefficient (Wildman–Crippen LogP) is 4.14. The third kappa shape index (κ3) is 5.60. The van der Waals surface area contributed by atoms with E-state index in [9.17, 15) is 31.5 Å². The molecule has 0 spiro atoms. The number of aliphatic hydroxyl groups is 1. The van der Waals surface area contributed by atoms with Gasteiger partial charge in [-0.15, -0.1) is 0 Å². The van der Waals surface area contributed by atoms with Crippen molar-refractivity contribution in [2.45, 2.75) is 28.5 Å². The lowest BCUT2D eigenvalue weighted by molar-refractivity contribution is -0.242. The number of carbonyl (C=O) groups is 1. The highest BCUT2D eigenvalue weighted by Crippen LogP contribution is 2.35. The maximum atomic E-state index is 12.8. The summed E-state index contributed by atoms with van der Waals surface area (Å²) in [6.07, 6.45) is -4.05. The molecule has 6 nitrogen and oxygen atoms in total. The molecule has 164 valence electrons. The van der Waals surface area contributed by atoms with Crippen LogP contribution in [-0.4, -0.2) is 44.5 Å². The smallest absolute Gasteiger partial charge is 0.373 e. The van der Waals surface area contributed by atoms with E-state index in [1.165, 1.54) is 37.0 Å². The SMILES string of the molecule is CN(c1ccc(Sc2ccc(NC(=O)C(C)(O)C(F)(F)F)c(Cl)c2)cc1)S(C)(=O)=O. The lowest BCUT2D eigenvalue weighted by Gasteiger charge is -2.25. The largest absolute Gasteiger partial charge is 0.426 e. The molecule has 0 aliphatic carbocycles. The molecule has 0 fully saturated rings. The molecule has 1 amide bonds. The van der Waals surface area contributed by atoms with E-state index in [-0.39, 0.29) is 10.7 Å². The van der Waals surface area contributed by atoms with Crippen LogP contribution >= 0.6 is 23.4 Å². The number of amides is 1. The molecule has 2 rings (SSSR count). The molecule has 30 heavy (non-hydrogen) atoms. The Bertz CT molecular complexity index is 1040. The molecule has 2 aromatic carbocycles. The standard InChI is InChI=1S/C18H18ClF3N2O4S2/c1-17(26,18(20,21)22)16(25)23-15-9-8-13(10-14(15)19)29-12-6-4-11(5-7-12)24(2)30(3,27)28/h4-10,26H,1-3H3,(H,23,25). The zero-order chi connectivity index (χ0) is 22.9. The summed E-state index contributed by atoms with van der Waals surface area (Å²) in [5.41, 5.74) is -3.17. The fraction of sp³-hybridized carbons (Fsp3) is 0.278. The second kappa shape index (κ2) is 8.66. The molecule has 0 aliphatic rings. The number of benzene rings is 2. The summed E-state index contributed by atoms with van der Waals surface area (Å²) in [6, 6.07) is 10.9. The number of sulfonamides is 1. The highest BCUT2D eigenvalue weighted by molar-refractivity contribution is 7.99. The average molecular weight is 483 g/mol. The third-order valence-corrected chi connectivity index (χ3v) is 6.63. The highest BCUT2D eigenvalue weighted by Gasteiger charge is 2.55. The van der Waals surface area contributed by atoms with E-state index in [1.54, 1.807) is 24.3 Å². The Labute approximate surface area is 181 Å². The topological polar surface area (TPSA) is 86.7 Å². The number of rotatable bonds is 6. The Kier molecular flexibility index (Phi) is 7.02. The fourth-order valence-electron chi connectivity index (χ4n) is 2.09. The van der Waals surface area contributed by atoms with E-state index in [2.05, 4.69) is 0 Å². The van der Waals surface area contributed by atoms with Gasteiger partial charge in [0, 0.05) is 16.8 Å². The van der Waals surface area contributed by atoms with E-state index in [4.69, 9.17) is 11.6 Å². The van der Waals surface area contributed by atoms with Crippen LogP contribution in [0.2, 0.25) is 5.02 Å². The van der Waals surface area contributed by atoms with Crippen molar-refractivity contribution in [1.82, 2.24) is 0 Å². The lowest BCUT2D eigenvalue weighted by atomic mass is 10.1. The summed E-state index contributed by atoms with van der Waals surface area (Å²) in [5, 5.41) is 11.4. The Balaban J connectivity index is 2.13.